The fraction of sp³-hybridized carbons (Fsp3) is 0.846. The largest absolute Gasteiger partial charge is 0.481 e. The average molecular weight is 274 g/mol. The van der Waals surface area contributed by atoms with Gasteiger partial charge in [-0.25, -0.2) is 0 Å². The smallest absolute Gasteiger partial charge is 0.309 e. The third-order valence-electron chi connectivity index (χ3n) is 3.75. The van der Waals surface area contributed by atoms with Gasteiger partial charge in [0.1, 0.15) is 0 Å². The maximum atomic E-state index is 11.4. The van der Waals surface area contributed by atoms with Crippen LogP contribution in [0, 0.1) is 11.3 Å². The summed E-state index contributed by atoms with van der Waals surface area (Å²) in [7, 11) is 1.54. The summed E-state index contributed by atoms with van der Waals surface area (Å²) in [5.41, 5.74) is -0.881. The zero-order chi connectivity index (χ0) is 14.3. The van der Waals surface area contributed by atoms with Gasteiger partial charge in [-0.1, -0.05) is 12.8 Å². The van der Waals surface area contributed by atoms with Crippen molar-refractivity contribution >= 4 is 11.9 Å². The van der Waals surface area contributed by atoms with Crippen LogP contribution in [0.4, 0.5) is 0 Å². The van der Waals surface area contributed by atoms with E-state index in [1.54, 1.807) is 0 Å². The molecule has 0 heterocycles. The summed E-state index contributed by atoms with van der Waals surface area (Å²) in [6, 6.07) is 0. The van der Waals surface area contributed by atoms with Gasteiger partial charge in [0, 0.05) is 7.11 Å². The van der Waals surface area contributed by atoms with Gasteiger partial charge in [0.25, 0.3) is 0 Å². The number of carboxylic acid groups (broad SMARTS) is 2. The van der Waals surface area contributed by atoms with Crippen molar-refractivity contribution in [3.8, 4) is 0 Å². The molecule has 1 aliphatic rings. The van der Waals surface area contributed by atoms with Crippen LogP contribution in [0.1, 0.15) is 32.1 Å². The molecule has 19 heavy (non-hydrogen) atoms. The van der Waals surface area contributed by atoms with E-state index in [9.17, 15) is 19.8 Å². The first-order valence-electron chi connectivity index (χ1n) is 6.55. The Morgan fingerprint density at radius 1 is 1.21 bits per heavy atom. The summed E-state index contributed by atoms with van der Waals surface area (Å²) >= 11 is 0. The number of methoxy groups -OCH3 is 1. The van der Waals surface area contributed by atoms with E-state index < -0.39 is 23.3 Å². The van der Waals surface area contributed by atoms with Crippen molar-refractivity contribution in [2.24, 2.45) is 11.3 Å². The van der Waals surface area contributed by atoms with Crippen molar-refractivity contribution in [2.75, 3.05) is 26.9 Å². The molecular weight excluding hydrogens is 252 g/mol. The third-order valence-corrected chi connectivity index (χ3v) is 3.75. The molecule has 1 rings (SSSR count). The first-order chi connectivity index (χ1) is 9.02. The molecule has 6 nitrogen and oxygen atoms in total. The van der Waals surface area contributed by atoms with Crippen LogP contribution in [0.2, 0.25) is 0 Å². The molecule has 1 aliphatic carbocycles. The Morgan fingerprint density at radius 2 is 1.84 bits per heavy atom. The molecule has 0 spiro atoms. The molecule has 6 heteroatoms. The van der Waals surface area contributed by atoms with Crippen LogP contribution < -0.4 is 0 Å². The highest BCUT2D eigenvalue weighted by atomic mass is 16.5. The van der Waals surface area contributed by atoms with E-state index in [1.807, 2.05) is 0 Å². The Labute approximate surface area is 112 Å². The molecule has 2 N–H and O–H groups in total. The molecular formula is C13H22O6. The van der Waals surface area contributed by atoms with E-state index in [0.717, 1.165) is 12.8 Å². The number of rotatable bonds is 9. The summed E-state index contributed by atoms with van der Waals surface area (Å²) in [6.07, 6.45) is 2.96. The highest BCUT2D eigenvalue weighted by molar-refractivity contribution is 5.77. The van der Waals surface area contributed by atoms with Crippen molar-refractivity contribution in [3.63, 3.8) is 0 Å². The summed E-state index contributed by atoms with van der Waals surface area (Å²) in [5, 5.41) is 18.5. The SMILES string of the molecule is COCCOC[C@H](CC1(C(=O)O)CCCC1)C(=O)O. The number of carboxylic acids is 2. The van der Waals surface area contributed by atoms with Crippen LogP contribution in [0.15, 0.2) is 0 Å². The van der Waals surface area contributed by atoms with Crippen LogP contribution >= 0.6 is 0 Å². The van der Waals surface area contributed by atoms with Gasteiger partial charge in [-0.05, 0) is 19.3 Å². The molecule has 0 saturated heterocycles. The van der Waals surface area contributed by atoms with Crippen LogP contribution in [-0.4, -0.2) is 49.1 Å². The molecule has 0 aromatic carbocycles. The normalized spacial score (nSPS) is 19.2. The highest BCUT2D eigenvalue weighted by Crippen LogP contribution is 2.43. The minimum atomic E-state index is -0.995. The van der Waals surface area contributed by atoms with Crippen molar-refractivity contribution in [2.45, 2.75) is 32.1 Å². The quantitative estimate of drug-likeness (QED) is 0.617. The lowest BCUT2D eigenvalue weighted by Gasteiger charge is -2.27. The fourth-order valence-corrected chi connectivity index (χ4v) is 2.61. The molecule has 1 atom stereocenters. The number of ether oxygens (including phenoxy) is 2. The molecule has 1 saturated carbocycles. The van der Waals surface area contributed by atoms with Crippen molar-refractivity contribution < 1.29 is 29.3 Å². The van der Waals surface area contributed by atoms with Gasteiger partial charge in [-0.2, -0.15) is 0 Å². The Kier molecular flexibility index (Phi) is 6.24. The van der Waals surface area contributed by atoms with Crippen LogP contribution in [0.3, 0.4) is 0 Å². The molecule has 110 valence electrons. The van der Waals surface area contributed by atoms with Crippen LogP contribution in [0.25, 0.3) is 0 Å². The second-order valence-corrected chi connectivity index (χ2v) is 5.10. The van der Waals surface area contributed by atoms with Gasteiger partial charge in [0.2, 0.25) is 0 Å². The predicted octanol–water partition coefficient (Wildman–Crippen LogP) is 1.39. The minimum absolute atomic E-state index is 0.0354. The van der Waals surface area contributed by atoms with Gasteiger partial charge < -0.3 is 19.7 Å². The lowest BCUT2D eigenvalue weighted by Crippen LogP contribution is -2.34. The third kappa shape index (κ3) is 4.47. The summed E-state index contributed by atoms with van der Waals surface area (Å²) in [6.45, 7) is 0.754. The van der Waals surface area contributed by atoms with E-state index in [1.165, 1.54) is 7.11 Å². The Morgan fingerprint density at radius 3 is 2.32 bits per heavy atom. The van der Waals surface area contributed by atoms with E-state index in [2.05, 4.69) is 0 Å². The van der Waals surface area contributed by atoms with Gasteiger partial charge in [-0.3, -0.25) is 9.59 Å². The van der Waals surface area contributed by atoms with Gasteiger partial charge >= 0.3 is 11.9 Å². The summed E-state index contributed by atoms with van der Waals surface area (Å²) in [4.78, 5) is 22.6. The monoisotopic (exact) mass is 274 g/mol. The van der Waals surface area contributed by atoms with Gasteiger partial charge in [0.05, 0.1) is 31.2 Å². The Balaban J connectivity index is 2.56. The minimum Gasteiger partial charge on any atom is -0.481 e. The molecule has 0 amide bonds. The average Bonchev–Trinajstić information content (AvgIpc) is 2.82. The Bertz CT molecular complexity index is 308. The molecule has 0 unspecified atom stereocenters. The molecule has 0 bridgehead atoms. The maximum absolute atomic E-state index is 11.4. The first kappa shape index (κ1) is 15.9. The topological polar surface area (TPSA) is 93.1 Å². The summed E-state index contributed by atoms with van der Waals surface area (Å²) in [5.74, 6) is -2.65. The molecule has 0 radical (unpaired) electrons. The number of carbonyl (C=O) groups is 2. The summed E-state index contributed by atoms with van der Waals surface area (Å²) < 4.78 is 10.0. The lowest BCUT2D eigenvalue weighted by atomic mass is 9.78. The molecule has 0 aromatic rings. The number of hydrogen-bond donors (Lipinski definition) is 2. The maximum Gasteiger partial charge on any atom is 0.309 e. The van der Waals surface area contributed by atoms with Crippen molar-refractivity contribution in [1.82, 2.24) is 0 Å². The van der Waals surface area contributed by atoms with Gasteiger partial charge in [0.15, 0.2) is 0 Å². The van der Waals surface area contributed by atoms with Crippen molar-refractivity contribution in [1.29, 1.82) is 0 Å². The van der Waals surface area contributed by atoms with E-state index in [-0.39, 0.29) is 13.0 Å². The second-order valence-electron chi connectivity index (χ2n) is 5.10. The zero-order valence-corrected chi connectivity index (χ0v) is 11.3. The standard InChI is InChI=1S/C13H22O6/c1-18-6-7-19-9-10(11(14)15)8-13(12(16)17)4-2-3-5-13/h10H,2-9H2,1H3,(H,14,15)(H,16,17)/t10-/m0/s1. The predicted molar refractivity (Wildman–Crippen MR) is 67.0 cm³/mol. The van der Waals surface area contributed by atoms with E-state index in [0.29, 0.717) is 26.1 Å². The molecule has 0 aliphatic heterocycles. The lowest BCUT2D eigenvalue weighted by molar-refractivity contribution is -0.153. The number of aliphatic carboxylic acids is 2. The number of hydrogen-bond acceptors (Lipinski definition) is 4. The van der Waals surface area contributed by atoms with Crippen molar-refractivity contribution in [3.05, 3.63) is 0 Å². The second kappa shape index (κ2) is 7.45. The van der Waals surface area contributed by atoms with Crippen LogP contribution in [-0.2, 0) is 19.1 Å². The van der Waals surface area contributed by atoms with E-state index >= 15 is 0 Å². The van der Waals surface area contributed by atoms with Crippen LogP contribution in [0.5, 0.6) is 0 Å². The first-order valence-corrected chi connectivity index (χ1v) is 6.55. The van der Waals surface area contributed by atoms with Gasteiger partial charge in [-0.15, -0.1) is 0 Å². The Hall–Kier alpha value is -1.14. The zero-order valence-electron chi connectivity index (χ0n) is 11.3. The van der Waals surface area contributed by atoms with E-state index in [4.69, 9.17) is 9.47 Å². The fourth-order valence-electron chi connectivity index (χ4n) is 2.61. The highest BCUT2D eigenvalue weighted by Gasteiger charge is 2.44. The molecule has 0 aromatic heterocycles. The molecule has 1 fully saturated rings.